The fourth-order valence-electron chi connectivity index (χ4n) is 6.67. The highest BCUT2D eigenvalue weighted by molar-refractivity contribution is 5.72. The van der Waals surface area contributed by atoms with Crippen molar-refractivity contribution in [1.29, 1.82) is 0 Å². The van der Waals surface area contributed by atoms with Gasteiger partial charge in [-0.1, -0.05) is 51.4 Å². The molecule has 0 unspecified atom stereocenters. The van der Waals surface area contributed by atoms with Crippen LogP contribution in [-0.2, 0) is 19.0 Å². The molecule has 4 aliphatic rings. The summed E-state index contributed by atoms with van der Waals surface area (Å²) < 4.78 is 17.9. The van der Waals surface area contributed by atoms with E-state index < -0.39 is 0 Å². The summed E-state index contributed by atoms with van der Waals surface area (Å²) in [6.07, 6.45) is 25.8. The molecular formula is C28H48O4. The first-order valence-electron chi connectivity index (χ1n) is 14.2. The molecule has 4 aliphatic carbocycles. The van der Waals surface area contributed by atoms with E-state index >= 15 is 0 Å². The molecule has 0 atom stereocenters. The monoisotopic (exact) mass is 448 g/mol. The fraction of sp³-hybridized carbons (Fsp3) is 0.964. The summed E-state index contributed by atoms with van der Waals surface area (Å²) in [7, 11) is 0. The first-order valence-corrected chi connectivity index (χ1v) is 14.2. The van der Waals surface area contributed by atoms with Gasteiger partial charge in [-0.05, 0) is 88.9 Å². The summed E-state index contributed by atoms with van der Waals surface area (Å²) in [5, 5.41) is 0. The smallest absolute Gasteiger partial charge is 0.309 e. The molecule has 0 aromatic rings. The van der Waals surface area contributed by atoms with E-state index in [1.54, 1.807) is 0 Å². The SMILES string of the molecule is O=C(OC1CCCCC1)C1CCC(OCOC2CCC(CCC3CCCCC3)CC2)CC1. The Labute approximate surface area is 196 Å². The van der Waals surface area contributed by atoms with Gasteiger partial charge in [-0.2, -0.15) is 0 Å². The molecule has 0 amide bonds. The molecule has 0 aromatic carbocycles. The lowest BCUT2D eigenvalue weighted by Crippen LogP contribution is -2.31. The molecule has 0 saturated heterocycles. The average Bonchev–Trinajstić information content (AvgIpc) is 2.85. The fourth-order valence-corrected chi connectivity index (χ4v) is 6.67. The zero-order valence-corrected chi connectivity index (χ0v) is 20.4. The minimum absolute atomic E-state index is 0.0480. The Balaban J connectivity index is 1.02. The van der Waals surface area contributed by atoms with Crippen molar-refractivity contribution >= 4 is 5.97 Å². The van der Waals surface area contributed by atoms with Gasteiger partial charge in [-0.3, -0.25) is 4.79 Å². The maximum Gasteiger partial charge on any atom is 0.309 e. The molecule has 4 rings (SSSR count). The molecule has 0 aromatic heterocycles. The lowest BCUT2D eigenvalue weighted by Gasteiger charge is -2.32. The molecule has 0 aliphatic heterocycles. The van der Waals surface area contributed by atoms with Crippen LogP contribution < -0.4 is 0 Å². The van der Waals surface area contributed by atoms with Gasteiger partial charge in [0.2, 0.25) is 0 Å². The number of rotatable bonds is 9. The molecular weight excluding hydrogens is 400 g/mol. The topological polar surface area (TPSA) is 44.8 Å². The van der Waals surface area contributed by atoms with Gasteiger partial charge in [-0.15, -0.1) is 0 Å². The Bertz CT molecular complexity index is 522. The van der Waals surface area contributed by atoms with E-state index in [2.05, 4.69) is 0 Å². The van der Waals surface area contributed by atoms with Crippen LogP contribution in [0.3, 0.4) is 0 Å². The lowest BCUT2D eigenvalue weighted by atomic mass is 9.79. The molecule has 0 N–H and O–H groups in total. The van der Waals surface area contributed by atoms with E-state index in [1.807, 2.05) is 0 Å². The Morgan fingerprint density at radius 2 is 1.03 bits per heavy atom. The number of carbonyl (C=O) groups excluding carboxylic acids is 1. The van der Waals surface area contributed by atoms with Crippen LogP contribution >= 0.6 is 0 Å². The highest BCUT2D eigenvalue weighted by Gasteiger charge is 2.30. The maximum atomic E-state index is 12.5. The second-order valence-corrected chi connectivity index (χ2v) is 11.3. The molecule has 0 spiro atoms. The molecule has 4 nitrogen and oxygen atoms in total. The van der Waals surface area contributed by atoms with Gasteiger partial charge in [0, 0.05) is 0 Å². The minimum atomic E-state index is 0.0480. The number of esters is 1. The first-order chi connectivity index (χ1) is 15.8. The predicted molar refractivity (Wildman–Crippen MR) is 127 cm³/mol. The van der Waals surface area contributed by atoms with Crippen molar-refractivity contribution in [3.63, 3.8) is 0 Å². The summed E-state index contributed by atoms with van der Waals surface area (Å²) in [4.78, 5) is 12.5. The maximum absolute atomic E-state index is 12.5. The van der Waals surface area contributed by atoms with Crippen molar-refractivity contribution in [2.75, 3.05) is 6.79 Å². The molecule has 0 bridgehead atoms. The molecule has 184 valence electrons. The van der Waals surface area contributed by atoms with Crippen LogP contribution in [0.2, 0.25) is 0 Å². The van der Waals surface area contributed by atoms with Gasteiger partial charge in [0.05, 0.1) is 18.1 Å². The first kappa shape index (κ1) is 24.5. The average molecular weight is 449 g/mol. The van der Waals surface area contributed by atoms with Crippen LogP contribution in [0.15, 0.2) is 0 Å². The van der Waals surface area contributed by atoms with Crippen LogP contribution in [0.4, 0.5) is 0 Å². The third-order valence-corrected chi connectivity index (χ3v) is 8.95. The van der Waals surface area contributed by atoms with E-state index in [1.165, 1.54) is 89.9 Å². The Morgan fingerprint density at radius 3 is 1.62 bits per heavy atom. The zero-order valence-electron chi connectivity index (χ0n) is 20.4. The summed E-state index contributed by atoms with van der Waals surface area (Å²) >= 11 is 0. The highest BCUT2D eigenvalue weighted by atomic mass is 16.7. The largest absolute Gasteiger partial charge is 0.462 e. The van der Waals surface area contributed by atoms with Crippen molar-refractivity contribution in [1.82, 2.24) is 0 Å². The summed E-state index contributed by atoms with van der Waals surface area (Å²) in [6, 6.07) is 0. The highest BCUT2D eigenvalue weighted by Crippen LogP contribution is 2.34. The Hall–Kier alpha value is -0.610. The molecule has 4 saturated carbocycles. The third kappa shape index (κ3) is 8.01. The van der Waals surface area contributed by atoms with E-state index in [0.717, 1.165) is 50.4 Å². The molecule has 4 fully saturated rings. The van der Waals surface area contributed by atoms with Gasteiger partial charge in [-0.25, -0.2) is 0 Å². The van der Waals surface area contributed by atoms with Gasteiger partial charge in [0.15, 0.2) is 0 Å². The minimum Gasteiger partial charge on any atom is -0.462 e. The number of ether oxygens (including phenoxy) is 3. The number of carbonyl (C=O) groups is 1. The van der Waals surface area contributed by atoms with Crippen molar-refractivity contribution in [3.05, 3.63) is 0 Å². The van der Waals surface area contributed by atoms with Crippen LogP contribution in [0, 0.1) is 17.8 Å². The van der Waals surface area contributed by atoms with Gasteiger partial charge in [0.25, 0.3) is 0 Å². The molecule has 0 heterocycles. The van der Waals surface area contributed by atoms with Crippen LogP contribution in [0.25, 0.3) is 0 Å². The van der Waals surface area contributed by atoms with Gasteiger partial charge >= 0.3 is 5.97 Å². The molecule has 32 heavy (non-hydrogen) atoms. The standard InChI is InChI=1S/C28H48O4/c29-28(32-27-9-5-2-6-10-27)24-15-19-26(20-16-24)31-21-30-25-17-13-23(14-18-25)12-11-22-7-3-1-4-8-22/h22-27H,1-21H2. The molecule has 0 radical (unpaired) electrons. The zero-order chi connectivity index (χ0) is 22.0. The number of hydrogen-bond acceptors (Lipinski definition) is 4. The van der Waals surface area contributed by atoms with E-state index in [0.29, 0.717) is 12.9 Å². The van der Waals surface area contributed by atoms with E-state index in [-0.39, 0.29) is 24.1 Å². The van der Waals surface area contributed by atoms with Crippen molar-refractivity contribution in [3.8, 4) is 0 Å². The predicted octanol–water partition coefficient (Wildman–Crippen LogP) is 7.33. The van der Waals surface area contributed by atoms with Crippen LogP contribution in [0.1, 0.15) is 128 Å². The second kappa shape index (κ2) is 13.3. The Kier molecular flexibility index (Phi) is 10.2. The van der Waals surface area contributed by atoms with Gasteiger partial charge < -0.3 is 14.2 Å². The van der Waals surface area contributed by atoms with Crippen molar-refractivity contribution in [2.45, 2.75) is 147 Å². The van der Waals surface area contributed by atoms with Crippen LogP contribution in [-0.4, -0.2) is 31.1 Å². The lowest BCUT2D eigenvalue weighted by molar-refractivity contribution is -0.160. The van der Waals surface area contributed by atoms with E-state index in [9.17, 15) is 4.79 Å². The number of hydrogen-bond donors (Lipinski definition) is 0. The van der Waals surface area contributed by atoms with Crippen molar-refractivity contribution in [2.24, 2.45) is 17.8 Å². The van der Waals surface area contributed by atoms with Crippen LogP contribution in [0.5, 0.6) is 0 Å². The second-order valence-electron chi connectivity index (χ2n) is 11.3. The van der Waals surface area contributed by atoms with Crippen molar-refractivity contribution < 1.29 is 19.0 Å². The quantitative estimate of drug-likeness (QED) is 0.273. The summed E-state index contributed by atoms with van der Waals surface area (Å²) in [6.45, 7) is 0.430. The Morgan fingerprint density at radius 1 is 0.531 bits per heavy atom. The normalized spacial score (nSPS) is 33.1. The molecule has 4 heteroatoms. The van der Waals surface area contributed by atoms with Gasteiger partial charge in [0.1, 0.15) is 12.9 Å². The van der Waals surface area contributed by atoms with E-state index in [4.69, 9.17) is 14.2 Å². The third-order valence-electron chi connectivity index (χ3n) is 8.95. The summed E-state index contributed by atoms with van der Waals surface area (Å²) in [5.41, 5.74) is 0. The summed E-state index contributed by atoms with van der Waals surface area (Å²) in [5.74, 6) is 2.09.